The van der Waals surface area contributed by atoms with Gasteiger partial charge in [-0.25, -0.2) is 29.1 Å². The molecule has 2 N–H and O–H groups in total. The number of rotatable bonds is 24. The van der Waals surface area contributed by atoms with Gasteiger partial charge in [0.15, 0.2) is 11.5 Å². The first-order valence-electron chi connectivity index (χ1n) is 25.0. The molecule has 2 aromatic heterocycles. The lowest BCUT2D eigenvalue weighted by Gasteiger charge is -2.24. The van der Waals surface area contributed by atoms with E-state index < -0.39 is 24.0 Å². The number of aromatic nitrogens is 2. The monoisotopic (exact) mass is 1050 g/mol. The minimum Gasteiger partial charge on any atom is -0.493 e. The first-order chi connectivity index (χ1) is 36.3. The lowest BCUT2D eigenvalue weighted by atomic mass is 10.1. The number of carbonyl (C=O) groups excluding carboxylic acids is 4. The molecule has 74 heavy (non-hydrogen) atoms. The van der Waals surface area contributed by atoms with E-state index in [4.69, 9.17) is 28.0 Å². The summed E-state index contributed by atoms with van der Waals surface area (Å²) in [4.78, 5) is 79.5. The molecule has 0 saturated carbocycles. The molecule has 18 nitrogen and oxygen atoms in total. The number of urea groups is 2. The number of likely N-dealkylation sites (tertiary alicyclic amines) is 2. The highest BCUT2D eigenvalue weighted by molar-refractivity contribution is 7.98. The van der Waals surface area contributed by atoms with Crippen molar-refractivity contribution in [1.82, 2.24) is 30.4 Å². The summed E-state index contributed by atoms with van der Waals surface area (Å²) >= 11 is 3.25. The highest BCUT2D eigenvalue weighted by Crippen LogP contribution is 2.28. The Bertz CT molecular complexity index is 2480. The summed E-state index contributed by atoms with van der Waals surface area (Å²) in [5, 5.41) is 7.01. The lowest BCUT2D eigenvalue weighted by molar-refractivity contribution is -0.168. The summed E-state index contributed by atoms with van der Waals surface area (Å²) in [6.07, 6.45) is 9.11. The molecule has 8 rings (SSSR count). The summed E-state index contributed by atoms with van der Waals surface area (Å²) in [5.74, 6) is 3.14. The van der Waals surface area contributed by atoms with Crippen LogP contribution in [0.2, 0.25) is 0 Å². The molecule has 390 valence electrons. The number of amides is 4. The van der Waals surface area contributed by atoms with Crippen LogP contribution in [0, 0.1) is 0 Å². The van der Waals surface area contributed by atoms with Gasteiger partial charge >= 0.3 is 24.0 Å². The molecule has 0 radical (unpaired) electrons. The van der Waals surface area contributed by atoms with Gasteiger partial charge in [-0.3, -0.25) is 0 Å². The van der Waals surface area contributed by atoms with Crippen LogP contribution in [0.5, 0.6) is 11.5 Å². The number of hydroxylamine groups is 2. The Morgan fingerprint density at radius 3 is 1.32 bits per heavy atom. The Kier molecular flexibility index (Phi) is 20.5. The maximum atomic E-state index is 13.8. The third-order valence-corrected chi connectivity index (χ3v) is 13.8. The van der Waals surface area contributed by atoms with Crippen LogP contribution in [-0.2, 0) is 30.8 Å². The first-order valence-corrected chi connectivity index (χ1v) is 27.3. The van der Waals surface area contributed by atoms with Gasteiger partial charge in [0.05, 0.1) is 48.5 Å². The number of hydrogen-bond acceptors (Lipinski definition) is 16. The van der Waals surface area contributed by atoms with Gasteiger partial charge < -0.3 is 48.4 Å². The molecule has 6 aromatic rings. The van der Waals surface area contributed by atoms with Crippen molar-refractivity contribution in [1.29, 1.82) is 0 Å². The van der Waals surface area contributed by atoms with Gasteiger partial charge in [0, 0.05) is 35.7 Å². The molecule has 0 atom stereocenters. The molecular weight excluding hydrogens is 985 g/mol. The third-order valence-electron chi connectivity index (χ3n) is 11.9. The van der Waals surface area contributed by atoms with Crippen LogP contribution >= 0.6 is 23.5 Å². The highest BCUT2D eigenvalue weighted by atomic mass is 32.2. The first kappa shape index (κ1) is 53.3. The number of carbonyl (C=O) groups is 4. The van der Waals surface area contributed by atoms with E-state index in [0.29, 0.717) is 82.1 Å². The second-order valence-electron chi connectivity index (χ2n) is 17.4. The topological polar surface area (TPSA) is 194 Å². The van der Waals surface area contributed by atoms with Crippen molar-refractivity contribution in [2.45, 2.75) is 50.0 Å². The van der Waals surface area contributed by atoms with Gasteiger partial charge in [-0.1, -0.05) is 36.4 Å². The maximum Gasteiger partial charge on any atom is 0.444 e. The van der Waals surface area contributed by atoms with Crippen LogP contribution in [0.15, 0.2) is 130 Å². The number of anilines is 2. The van der Waals surface area contributed by atoms with Crippen molar-refractivity contribution in [3.05, 3.63) is 133 Å². The van der Waals surface area contributed by atoms with Gasteiger partial charge in [0.1, 0.15) is 11.5 Å². The summed E-state index contributed by atoms with van der Waals surface area (Å²) < 4.78 is 23.6. The minimum absolute atomic E-state index is 0.134. The molecular formula is C54H62N8O10S2. The smallest absolute Gasteiger partial charge is 0.444 e. The van der Waals surface area contributed by atoms with Crippen molar-refractivity contribution in [3.63, 3.8) is 0 Å². The molecule has 2 aliphatic rings. The van der Waals surface area contributed by atoms with Gasteiger partial charge in [-0.2, -0.15) is 0 Å². The average molecular weight is 1050 g/mol. The molecule has 0 aliphatic carbocycles. The maximum absolute atomic E-state index is 13.8. The van der Waals surface area contributed by atoms with E-state index >= 15 is 0 Å². The number of thioether (sulfide) groups is 2. The fourth-order valence-corrected chi connectivity index (χ4v) is 9.45. The molecule has 0 bridgehead atoms. The quantitative estimate of drug-likeness (QED) is 0.0331. The van der Waals surface area contributed by atoms with Crippen molar-refractivity contribution in [2.75, 3.05) is 87.2 Å². The second kappa shape index (κ2) is 28.5. The van der Waals surface area contributed by atoms with Crippen molar-refractivity contribution in [3.8, 4) is 34.1 Å². The summed E-state index contributed by atoms with van der Waals surface area (Å²) in [7, 11) is 0. The molecule has 2 aliphatic heterocycles. The summed E-state index contributed by atoms with van der Waals surface area (Å²) in [6.45, 7) is 7.26. The fourth-order valence-electron chi connectivity index (χ4n) is 8.15. The van der Waals surface area contributed by atoms with E-state index in [9.17, 15) is 19.2 Å². The van der Waals surface area contributed by atoms with E-state index in [1.807, 2.05) is 60.7 Å². The summed E-state index contributed by atoms with van der Waals surface area (Å²) in [5.41, 5.74) is 1.57. The van der Waals surface area contributed by atoms with Crippen LogP contribution < -0.4 is 30.2 Å². The van der Waals surface area contributed by atoms with Crippen LogP contribution in [0.25, 0.3) is 22.6 Å². The molecule has 0 spiro atoms. The zero-order valence-corrected chi connectivity index (χ0v) is 42.9. The van der Waals surface area contributed by atoms with Gasteiger partial charge in [0.2, 0.25) is 11.8 Å². The Hall–Kier alpha value is -7.00. The Morgan fingerprint density at radius 2 is 0.932 bits per heavy atom. The number of nitrogens with one attached hydrogen (secondary N) is 2. The van der Waals surface area contributed by atoms with E-state index in [1.165, 1.54) is 0 Å². The van der Waals surface area contributed by atoms with E-state index in [1.54, 1.807) is 84.4 Å². The number of nitrogens with zero attached hydrogens (tertiary/aromatic N) is 6. The van der Waals surface area contributed by atoms with Crippen molar-refractivity contribution in [2.24, 2.45) is 0 Å². The molecule has 4 aromatic carbocycles. The van der Waals surface area contributed by atoms with Crippen molar-refractivity contribution >= 4 is 58.9 Å². The number of ether oxygens (including phenoxy) is 2. The van der Waals surface area contributed by atoms with Gasteiger partial charge in [-0.05, 0) is 151 Å². The average Bonchev–Trinajstić information content (AvgIpc) is 4.31. The van der Waals surface area contributed by atoms with Crippen LogP contribution in [0.3, 0.4) is 0 Å². The molecule has 4 heterocycles. The number of para-hydroxylation sites is 2. The lowest BCUT2D eigenvalue weighted by Crippen LogP contribution is -2.46. The fraction of sp³-hybridized carbons (Fsp3) is 0.370. The molecule has 20 heteroatoms. The predicted octanol–water partition coefficient (Wildman–Crippen LogP) is 9.24. The standard InChI is InChI=1S/C54H62N8O10S2/c63-51(71-61(53(65)55-25-11-31-59-27-7-8-28-59)43-21-17-41(18-22-43)47-37-57-49(69-47)39-73-35-33-67-45-13-3-1-4-14-45)52(64)72-62(54(66)56-26-12-32-60-29-9-10-30-60)44-23-19-42(20-24-44)48-38-58-50(70-48)40-74-36-34-68-46-15-5-2-6-16-46/h1-6,13-24,37-38H,7-12,25-36,39-40H2,(H,55,65)(H,56,66). The Balaban J connectivity index is 0.902. The summed E-state index contributed by atoms with van der Waals surface area (Å²) in [6, 6.07) is 30.6. The van der Waals surface area contributed by atoms with Crippen molar-refractivity contribution < 1.29 is 47.2 Å². The molecule has 2 fully saturated rings. The molecule has 2 saturated heterocycles. The largest absolute Gasteiger partial charge is 0.493 e. The van der Waals surface area contributed by atoms with E-state index in [2.05, 4.69) is 30.4 Å². The van der Waals surface area contributed by atoms with E-state index in [0.717, 1.165) is 88.0 Å². The number of hydrogen-bond donors (Lipinski definition) is 2. The highest BCUT2D eigenvalue weighted by Gasteiger charge is 2.31. The SMILES string of the molecule is O=C(ON(C(=O)NCCCN1CCCC1)c1ccc(-c2cnc(CSCCOc3ccccc3)o2)cc1)C(=O)ON(C(=O)NCCCN1CCCC1)c1ccc(-c2cnc(CSCCOc3ccccc3)o2)cc1. The normalized spacial score (nSPS) is 13.6. The zero-order valence-electron chi connectivity index (χ0n) is 41.3. The van der Waals surface area contributed by atoms with E-state index in [-0.39, 0.29) is 24.5 Å². The minimum atomic E-state index is -1.55. The molecule has 4 amide bonds. The van der Waals surface area contributed by atoms with Crippen LogP contribution in [-0.4, -0.2) is 121 Å². The number of oxazole rings is 2. The van der Waals surface area contributed by atoms with Gasteiger partial charge in [-0.15, -0.1) is 33.7 Å². The third kappa shape index (κ3) is 16.5. The number of benzene rings is 4. The Morgan fingerprint density at radius 1 is 0.541 bits per heavy atom. The van der Waals surface area contributed by atoms with Gasteiger partial charge in [0.25, 0.3) is 0 Å². The zero-order chi connectivity index (χ0) is 51.2. The second-order valence-corrected chi connectivity index (χ2v) is 19.6. The Labute approximate surface area is 439 Å². The van der Waals surface area contributed by atoms with Crippen LogP contribution in [0.1, 0.15) is 50.3 Å². The molecule has 0 unspecified atom stereocenters. The van der Waals surface area contributed by atoms with Crippen LogP contribution in [0.4, 0.5) is 21.0 Å². The predicted molar refractivity (Wildman–Crippen MR) is 285 cm³/mol.